The topological polar surface area (TPSA) is 68.2 Å². The number of rotatable bonds is 7. The van der Waals surface area contributed by atoms with Crippen LogP contribution < -0.4 is 10.4 Å². The molecular formula is C22H30O5Si. The van der Waals surface area contributed by atoms with E-state index in [4.69, 9.17) is 13.9 Å². The van der Waals surface area contributed by atoms with E-state index in [1.165, 1.54) is 0 Å². The first-order valence-corrected chi connectivity index (χ1v) is 11.6. The van der Waals surface area contributed by atoms with Crippen LogP contribution in [0.4, 0.5) is 0 Å². The summed E-state index contributed by atoms with van der Waals surface area (Å²) >= 11 is 0. The zero-order valence-electron chi connectivity index (χ0n) is 16.7. The Morgan fingerprint density at radius 1 is 0.964 bits per heavy atom. The summed E-state index contributed by atoms with van der Waals surface area (Å²) in [6.45, 7) is 6.97. The van der Waals surface area contributed by atoms with Gasteiger partial charge in [-0.05, 0) is 15.4 Å². The van der Waals surface area contributed by atoms with Gasteiger partial charge >= 0.3 is 0 Å². The van der Waals surface area contributed by atoms with Gasteiger partial charge in [-0.25, -0.2) is 0 Å². The number of hydrogen-bond donors (Lipinski definition) is 2. The second-order valence-corrected chi connectivity index (χ2v) is 12.4. The summed E-state index contributed by atoms with van der Waals surface area (Å²) in [5.74, 6) is 0. The molecule has 1 aliphatic heterocycles. The molecule has 1 aliphatic rings. The van der Waals surface area contributed by atoms with E-state index in [9.17, 15) is 10.2 Å². The normalized spacial score (nSPS) is 18.2. The highest BCUT2D eigenvalue weighted by molar-refractivity contribution is 6.99. The molecule has 6 heteroatoms. The molecule has 0 aromatic heterocycles. The van der Waals surface area contributed by atoms with E-state index in [1.54, 1.807) is 0 Å². The van der Waals surface area contributed by atoms with Gasteiger partial charge in [-0.2, -0.15) is 0 Å². The van der Waals surface area contributed by atoms with E-state index in [0.29, 0.717) is 13.2 Å². The average molecular weight is 403 g/mol. The molecule has 1 heterocycles. The van der Waals surface area contributed by atoms with Crippen LogP contribution in [-0.4, -0.2) is 56.8 Å². The lowest BCUT2D eigenvalue weighted by atomic mass is 10.2. The smallest absolute Gasteiger partial charge is 0.261 e. The van der Waals surface area contributed by atoms with Gasteiger partial charge < -0.3 is 24.1 Å². The molecule has 0 unspecified atom stereocenters. The molecule has 152 valence electrons. The molecule has 0 bridgehead atoms. The molecule has 2 aromatic rings. The van der Waals surface area contributed by atoms with Crippen LogP contribution in [0.2, 0.25) is 5.04 Å². The Kier molecular flexibility index (Phi) is 6.70. The fourth-order valence-corrected chi connectivity index (χ4v) is 8.57. The third-order valence-corrected chi connectivity index (χ3v) is 10.2. The molecular weight excluding hydrogens is 372 g/mol. The Hall–Kier alpha value is -1.54. The Morgan fingerprint density at radius 3 is 1.82 bits per heavy atom. The van der Waals surface area contributed by atoms with Crippen LogP contribution in [0.5, 0.6) is 0 Å². The fourth-order valence-electron chi connectivity index (χ4n) is 3.88. The van der Waals surface area contributed by atoms with E-state index in [-0.39, 0.29) is 5.04 Å². The van der Waals surface area contributed by atoms with Crippen molar-refractivity contribution in [3.8, 4) is 0 Å². The summed E-state index contributed by atoms with van der Waals surface area (Å²) in [5, 5.41) is 22.2. The fraction of sp³-hybridized carbons (Fsp3) is 0.455. The minimum Gasteiger partial charge on any atom is -0.397 e. The molecule has 2 aromatic carbocycles. The molecule has 2 atom stereocenters. The van der Waals surface area contributed by atoms with Crippen molar-refractivity contribution in [3.05, 3.63) is 60.7 Å². The Morgan fingerprint density at radius 2 is 1.43 bits per heavy atom. The zero-order valence-corrected chi connectivity index (χ0v) is 17.7. The largest absolute Gasteiger partial charge is 0.397 e. The van der Waals surface area contributed by atoms with Crippen LogP contribution in [0, 0.1) is 0 Å². The number of benzene rings is 2. The summed E-state index contributed by atoms with van der Waals surface area (Å²) in [6, 6.07) is 20.4. The second-order valence-electron chi connectivity index (χ2n) is 8.11. The van der Waals surface area contributed by atoms with Crippen molar-refractivity contribution in [1.29, 1.82) is 0 Å². The SMILES string of the molecule is CC(C)(C)[Si](O[C@H](C1OCCO1)[C@@H](O)CO)(c1ccccc1)c1ccccc1. The molecule has 1 fully saturated rings. The van der Waals surface area contributed by atoms with E-state index in [2.05, 4.69) is 45.0 Å². The van der Waals surface area contributed by atoms with Crippen LogP contribution in [0.3, 0.4) is 0 Å². The third kappa shape index (κ3) is 4.08. The second kappa shape index (κ2) is 8.86. The van der Waals surface area contributed by atoms with E-state index >= 15 is 0 Å². The lowest BCUT2D eigenvalue weighted by Crippen LogP contribution is -2.69. The van der Waals surface area contributed by atoms with Gasteiger partial charge in [0.05, 0.1) is 19.8 Å². The average Bonchev–Trinajstić information content (AvgIpc) is 3.23. The number of aliphatic hydroxyl groups excluding tert-OH is 2. The molecule has 0 radical (unpaired) electrons. The van der Waals surface area contributed by atoms with Crippen LogP contribution >= 0.6 is 0 Å². The predicted molar refractivity (Wildman–Crippen MR) is 111 cm³/mol. The molecule has 0 saturated carbocycles. The first kappa shape index (κ1) is 21.2. The minimum absolute atomic E-state index is 0.248. The molecule has 2 N–H and O–H groups in total. The summed E-state index contributed by atoms with van der Waals surface area (Å²) < 4.78 is 18.2. The zero-order chi connectivity index (χ0) is 20.2. The number of ether oxygens (including phenoxy) is 2. The standard InChI is InChI=1S/C22H30O5Si/c1-22(2,3)28(17-10-6-4-7-11-17,18-12-8-5-9-13-18)27-20(19(24)16-23)21-25-14-15-26-21/h4-13,19-21,23-24H,14-16H2,1-3H3/t19-,20-/m0/s1. The van der Waals surface area contributed by atoms with Crippen molar-refractivity contribution in [1.82, 2.24) is 0 Å². The highest BCUT2D eigenvalue weighted by atomic mass is 28.4. The minimum atomic E-state index is -2.89. The van der Waals surface area contributed by atoms with Crippen molar-refractivity contribution in [2.45, 2.75) is 44.3 Å². The van der Waals surface area contributed by atoms with Gasteiger partial charge in [-0.1, -0.05) is 81.4 Å². The third-order valence-electron chi connectivity index (χ3n) is 5.21. The quantitative estimate of drug-likeness (QED) is 0.690. The maximum absolute atomic E-state index is 10.6. The number of aliphatic hydroxyl groups is 2. The molecule has 1 saturated heterocycles. The highest BCUT2D eigenvalue weighted by Crippen LogP contribution is 2.38. The van der Waals surface area contributed by atoms with Gasteiger partial charge in [0.15, 0.2) is 6.29 Å². The van der Waals surface area contributed by atoms with Crippen molar-refractivity contribution < 1.29 is 24.1 Å². The summed E-state index contributed by atoms with van der Waals surface area (Å²) in [4.78, 5) is 0. The summed E-state index contributed by atoms with van der Waals surface area (Å²) in [7, 11) is -2.89. The Balaban J connectivity index is 2.17. The Labute approximate surface area is 168 Å². The number of hydrogen-bond acceptors (Lipinski definition) is 5. The van der Waals surface area contributed by atoms with Gasteiger partial charge in [-0.15, -0.1) is 0 Å². The van der Waals surface area contributed by atoms with Crippen molar-refractivity contribution in [2.75, 3.05) is 19.8 Å². The van der Waals surface area contributed by atoms with E-state index < -0.39 is 33.4 Å². The summed E-state index contributed by atoms with van der Waals surface area (Å²) in [6.07, 6.45) is -2.60. The lowest BCUT2D eigenvalue weighted by molar-refractivity contribution is -0.155. The first-order chi connectivity index (χ1) is 13.4. The van der Waals surface area contributed by atoms with Gasteiger partial charge in [0.25, 0.3) is 8.32 Å². The lowest BCUT2D eigenvalue weighted by Gasteiger charge is -2.46. The maximum atomic E-state index is 10.6. The van der Waals surface area contributed by atoms with Crippen LogP contribution in [0.1, 0.15) is 20.8 Å². The van der Waals surface area contributed by atoms with Crippen LogP contribution in [-0.2, 0) is 13.9 Å². The molecule has 5 nitrogen and oxygen atoms in total. The van der Waals surface area contributed by atoms with Crippen molar-refractivity contribution >= 4 is 18.7 Å². The molecule has 28 heavy (non-hydrogen) atoms. The monoisotopic (exact) mass is 402 g/mol. The van der Waals surface area contributed by atoms with Gasteiger partial charge in [0, 0.05) is 0 Å². The van der Waals surface area contributed by atoms with E-state index in [1.807, 2.05) is 36.4 Å². The first-order valence-electron chi connectivity index (χ1n) is 9.71. The van der Waals surface area contributed by atoms with Crippen molar-refractivity contribution in [2.24, 2.45) is 0 Å². The van der Waals surface area contributed by atoms with Gasteiger partial charge in [0.2, 0.25) is 0 Å². The Bertz CT molecular complexity index is 686. The molecule has 0 aliphatic carbocycles. The summed E-state index contributed by atoms with van der Waals surface area (Å²) in [5.41, 5.74) is 0. The molecule has 0 spiro atoms. The maximum Gasteiger partial charge on any atom is 0.261 e. The van der Waals surface area contributed by atoms with Crippen LogP contribution in [0.25, 0.3) is 0 Å². The molecule has 0 amide bonds. The molecule has 3 rings (SSSR count). The van der Waals surface area contributed by atoms with Gasteiger partial charge in [0.1, 0.15) is 12.2 Å². The van der Waals surface area contributed by atoms with Gasteiger partial charge in [-0.3, -0.25) is 0 Å². The predicted octanol–water partition coefficient (Wildman–Crippen LogP) is 1.66. The highest BCUT2D eigenvalue weighted by Gasteiger charge is 2.53. The van der Waals surface area contributed by atoms with E-state index in [0.717, 1.165) is 10.4 Å². The van der Waals surface area contributed by atoms with Crippen molar-refractivity contribution in [3.63, 3.8) is 0 Å². The van der Waals surface area contributed by atoms with Crippen LogP contribution in [0.15, 0.2) is 60.7 Å².